The molecule has 2 aromatic carbocycles. The molecule has 0 bridgehead atoms. The van der Waals surface area contributed by atoms with Crippen LogP contribution in [0, 0.1) is 0 Å². The second kappa shape index (κ2) is 7.32. The first kappa shape index (κ1) is 16.3. The molecule has 3 nitrogen and oxygen atoms in total. The molecule has 3 rings (SSSR count). The Morgan fingerprint density at radius 2 is 1.96 bits per heavy atom. The third kappa shape index (κ3) is 3.84. The topological polar surface area (TPSA) is 38.3 Å². The van der Waals surface area contributed by atoms with Gasteiger partial charge in [0.1, 0.15) is 5.75 Å². The van der Waals surface area contributed by atoms with Gasteiger partial charge in [-0.3, -0.25) is 4.79 Å². The summed E-state index contributed by atoms with van der Waals surface area (Å²) >= 11 is 1.64. The maximum atomic E-state index is 12.1. The van der Waals surface area contributed by atoms with Crippen molar-refractivity contribution in [3.05, 3.63) is 70.4 Å². The van der Waals surface area contributed by atoms with Crippen LogP contribution >= 0.6 is 11.3 Å². The van der Waals surface area contributed by atoms with Crippen molar-refractivity contribution >= 4 is 34.1 Å². The van der Waals surface area contributed by atoms with Crippen LogP contribution in [0.15, 0.2) is 60.0 Å². The second-order valence-electron chi connectivity index (χ2n) is 5.55. The molecule has 0 saturated carbocycles. The van der Waals surface area contributed by atoms with E-state index in [-0.39, 0.29) is 11.9 Å². The maximum absolute atomic E-state index is 12.1. The number of fused-ring (bicyclic) bond motifs is 1. The van der Waals surface area contributed by atoms with Crippen molar-refractivity contribution in [2.75, 3.05) is 7.11 Å². The molecule has 0 spiro atoms. The predicted octanol–water partition coefficient (Wildman–Crippen LogP) is 4.80. The number of hydrogen-bond donors (Lipinski definition) is 1. The standard InChI is InChI=1S/C20H19NO2S/c1-14(19-4-3-11-24-19)21-20(22)10-6-15-5-7-17-13-18(23-2)9-8-16(17)12-15/h3-14H,1-2H3,(H,21,22)/b10-6-/t14-/m1/s1. The number of benzene rings is 2. The van der Waals surface area contributed by atoms with Crippen LogP contribution in [0.2, 0.25) is 0 Å². The summed E-state index contributed by atoms with van der Waals surface area (Å²) in [6.45, 7) is 1.99. The fraction of sp³-hybridized carbons (Fsp3) is 0.150. The quantitative estimate of drug-likeness (QED) is 0.679. The number of carbonyl (C=O) groups is 1. The van der Waals surface area contributed by atoms with Crippen LogP contribution < -0.4 is 10.1 Å². The minimum Gasteiger partial charge on any atom is -0.497 e. The zero-order valence-corrected chi connectivity index (χ0v) is 14.5. The zero-order chi connectivity index (χ0) is 16.9. The van der Waals surface area contributed by atoms with Gasteiger partial charge in [0, 0.05) is 11.0 Å². The van der Waals surface area contributed by atoms with E-state index in [1.54, 1.807) is 24.5 Å². The molecule has 0 radical (unpaired) electrons. The van der Waals surface area contributed by atoms with E-state index in [0.29, 0.717) is 0 Å². The Morgan fingerprint density at radius 1 is 1.17 bits per heavy atom. The molecule has 0 aliphatic rings. The fourth-order valence-electron chi connectivity index (χ4n) is 2.52. The number of carbonyl (C=O) groups excluding carboxylic acids is 1. The van der Waals surface area contributed by atoms with Gasteiger partial charge in [-0.05, 0) is 59.0 Å². The molecular weight excluding hydrogens is 318 g/mol. The van der Waals surface area contributed by atoms with Gasteiger partial charge in [0.2, 0.25) is 5.91 Å². The van der Waals surface area contributed by atoms with E-state index in [1.807, 2.05) is 60.8 Å². The summed E-state index contributed by atoms with van der Waals surface area (Å²) in [5.41, 5.74) is 0.992. The van der Waals surface area contributed by atoms with E-state index in [1.165, 1.54) is 0 Å². The molecule has 1 aromatic heterocycles. The van der Waals surface area contributed by atoms with Gasteiger partial charge in [-0.15, -0.1) is 11.3 Å². The van der Waals surface area contributed by atoms with Gasteiger partial charge in [-0.25, -0.2) is 0 Å². The van der Waals surface area contributed by atoms with Crippen molar-refractivity contribution in [2.24, 2.45) is 0 Å². The van der Waals surface area contributed by atoms with Crippen molar-refractivity contribution in [1.82, 2.24) is 5.32 Å². The van der Waals surface area contributed by atoms with E-state index in [0.717, 1.165) is 27.0 Å². The number of amides is 1. The average molecular weight is 337 g/mol. The summed E-state index contributed by atoms with van der Waals surface area (Å²) in [6, 6.07) is 16.1. The normalized spacial score (nSPS) is 12.4. The Hall–Kier alpha value is -2.59. The van der Waals surface area contributed by atoms with Crippen molar-refractivity contribution in [2.45, 2.75) is 13.0 Å². The Kier molecular flexibility index (Phi) is 4.96. The molecule has 1 N–H and O–H groups in total. The Bertz CT molecular complexity index is 868. The number of thiophene rings is 1. The third-order valence-electron chi connectivity index (χ3n) is 3.83. The first-order chi connectivity index (χ1) is 11.7. The van der Waals surface area contributed by atoms with Crippen LogP contribution in [0.3, 0.4) is 0 Å². The predicted molar refractivity (Wildman–Crippen MR) is 100 cm³/mol. The summed E-state index contributed by atoms with van der Waals surface area (Å²) in [6.07, 6.45) is 3.41. The molecule has 0 saturated heterocycles. The number of methoxy groups -OCH3 is 1. The summed E-state index contributed by atoms with van der Waals surface area (Å²) in [5, 5.41) is 7.21. The van der Waals surface area contributed by atoms with Crippen LogP contribution in [-0.2, 0) is 4.79 Å². The van der Waals surface area contributed by atoms with Crippen molar-refractivity contribution in [1.29, 1.82) is 0 Å². The molecular formula is C20H19NO2S. The lowest BCUT2D eigenvalue weighted by atomic mass is 10.1. The van der Waals surface area contributed by atoms with Gasteiger partial charge < -0.3 is 10.1 Å². The molecule has 1 heterocycles. The monoisotopic (exact) mass is 337 g/mol. The van der Waals surface area contributed by atoms with Crippen LogP contribution in [0.5, 0.6) is 5.75 Å². The second-order valence-corrected chi connectivity index (χ2v) is 6.53. The Morgan fingerprint density at radius 3 is 2.71 bits per heavy atom. The van der Waals surface area contributed by atoms with E-state index in [2.05, 4.69) is 11.4 Å². The van der Waals surface area contributed by atoms with E-state index in [9.17, 15) is 4.79 Å². The van der Waals surface area contributed by atoms with E-state index < -0.39 is 0 Å². The number of nitrogens with one attached hydrogen (secondary N) is 1. The Labute approximate surface area is 145 Å². The molecule has 1 amide bonds. The Balaban J connectivity index is 1.69. The van der Waals surface area contributed by atoms with Crippen LogP contribution in [-0.4, -0.2) is 13.0 Å². The molecule has 0 fully saturated rings. The van der Waals surface area contributed by atoms with Gasteiger partial charge in [0.05, 0.1) is 13.2 Å². The molecule has 3 aromatic rings. The summed E-state index contributed by atoms with van der Waals surface area (Å²) in [5.74, 6) is 0.749. The molecule has 4 heteroatoms. The lowest BCUT2D eigenvalue weighted by Gasteiger charge is -2.09. The number of ether oxygens (including phenoxy) is 1. The molecule has 122 valence electrons. The lowest BCUT2D eigenvalue weighted by Crippen LogP contribution is -2.23. The first-order valence-electron chi connectivity index (χ1n) is 7.75. The minimum atomic E-state index is -0.0919. The number of rotatable bonds is 5. The summed E-state index contributed by atoms with van der Waals surface area (Å²) < 4.78 is 5.23. The molecule has 0 unspecified atom stereocenters. The molecule has 0 aliphatic carbocycles. The SMILES string of the molecule is COc1ccc2cc(/C=C\C(=O)N[C@H](C)c3cccs3)ccc2c1. The van der Waals surface area contributed by atoms with Gasteiger partial charge in [0.15, 0.2) is 0 Å². The largest absolute Gasteiger partial charge is 0.497 e. The maximum Gasteiger partial charge on any atom is 0.244 e. The highest BCUT2D eigenvalue weighted by Gasteiger charge is 2.07. The zero-order valence-electron chi connectivity index (χ0n) is 13.7. The highest BCUT2D eigenvalue weighted by atomic mass is 32.1. The lowest BCUT2D eigenvalue weighted by molar-refractivity contribution is -0.117. The third-order valence-corrected chi connectivity index (χ3v) is 4.88. The van der Waals surface area contributed by atoms with E-state index in [4.69, 9.17) is 4.74 Å². The summed E-state index contributed by atoms with van der Waals surface area (Å²) in [4.78, 5) is 13.2. The highest BCUT2D eigenvalue weighted by Crippen LogP contribution is 2.22. The molecule has 24 heavy (non-hydrogen) atoms. The van der Waals surface area contributed by atoms with Crippen molar-refractivity contribution < 1.29 is 9.53 Å². The van der Waals surface area contributed by atoms with E-state index >= 15 is 0 Å². The van der Waals surface area contributed by atoms with Crippen molar-refractivity contribution in [3.63, 3.8) is 0 Å². The molecule has 1 atom stereocenters. The van der Waals surface area contributed by atoms with Crippen molar-refractivity contribution in [3.8, 4) is 5.75 Å². The number of hydrogen-bond acceptors (Lipinski definition) is 3. The fourth-order valence-corrected chi connectivity index (χ4v) is 3.25. The van der Waals surface area contributed by atoms with Crippen LogP contribution in [0.4, 0.5) is 0 Å². The van der Waals surface area contributed by atoms with Gasteiger partial charge >= 0.3 is 0 Å². The van der Waals surface area contributed by atoms with Gasteiger partial charge in [0.25, 0.3) is 0 Å². The van der Waals surface area contributed by atoms with Gasteiger partial charge in [-0.2, -0.15) is 0 Å². The first-order valence-corrected chi connectivity index (χ1v) is 8.63. The van der Waals surface area contributed by atoms with Crippen LogP contribution in [0.25, 0.3) is 16.8 Å². The highest BCUT2D eigenvalue weighted by molar-refractivity contribution is 7.10. The summed E-state index contributed by atoms with van der Waals surface area (Å²) in [7, 11) is 1.66. The smallest absolute Gasteiger partial charge is 0.244 e. The minimum absolute atomic E-state index is 0.0196. The molecule has 0 aliphatic heterocycles. The average Bonchev–Trinajstić information content (AvgIpc) is 3.14. The van der Waals surface area contributed by atoms with Gasteiger partial charge in [-0.1, -0.05) is 24.3 Å². The van der Waals surface area contributed by atoms with Crippen LogP contribution in [0.1, 0.15) is 23.4 Å².